The number of hydrogen-bond donors (Lipinski definition) is 3. The summed E-state index contributed by atoms with van der Waals surface area (Å²) >= 11 is 0. The van der Waals surface area contributed by atoms with E-state index in [2.05, 4.69) is 20.9 Å². The smallest absolute Gasteiger partial charge is 0.251 e. The Morgan fingerprint density at radius 2 is 1.90 bits per heavy atom. The van der Waals surface area contributed by atoms with Crippen LogP contribution in [0, 0.1) is 0 Å². The molecule has 0 spiro atoms. The van der Waals surface area contributed by atoms with Crippen LogP contribution in [0.4, 0.5) is 5.69 Å². The minimum Gasteiger partial charge on any atom is -0.493 e. The summed E-state index contributed by atoms with van der Waals surface area (Å²) in [6.45, 7) is 5.84. The molecule has 0 atom stereocenters. The van der Waals surface area contributed by atoms with Gasteiger partial charge in [0.25, 0.3) is 5.91 Å². The summed E-state index contributed by atoms with van der Waals surface area (Å²) in [4.78, 5) is 16.4. The molecule has 2 aromatic carbocycles. The number of benzene rings is 2. The highest BCUT2D eigenvalue weighted by molar-refractivity contribution is 14.0. The van der Waals surface area contributed by atoms with Crippen molar-refractivity contribution in [3.05, 3.63) is 53.6 Å². The molecule has 3 N–H and O–H groups in total. The van der Waals surface area contributed by atoms with Gasteiger partial charge in [0, 0.05) is 37.5 Å². The number of carbonyl (C=O) groups is 1. The van der Waals surface area contributed by atoms with Gasteiger partial charge in [-0.05, 0) is 50.1 Å². The third-order valence-corrected chi connectivity index (χ3v) is 4.16. The van der Waals surface area contributed by atoms with Crippen LogP contribution in [-0.4, -0.2) is 45.7 Å². The highest BCUT2D eigenvalue weighted by atomic mass is 127. The van der Waals surface area contributed by atoms with Crippen molar-refractivity contribution in [1.82, 2.24) is 10.6 Å². The van der Waals surface area contributed by atoms with Gasteiger partial charge in [-0.3, -0.25) is 9.79 Å². The number of guanidine groups is 1. The highest BCUT2D eigenvalue weighted by Gasteiger charge is 2.07. The minimum absolute atomic E-state index is 0. The summed E-state index contributed by atoms with van der Waals surface area (Å²) in [5, 5.41) is 9.18. The molecule has 0 saturated carbocycles. The standard InChI is InChI=1S/C22H30N4O3.HI/c1-5-24-22(26-18-10-11-19(28-4)20(15-18)29-6-2)25-13-12-16-8-7-9-17(14-16)21(27)23-3;/h7-11,14-15H,5-6,12-13H2,1-4H3,(H,23,27)(H2,24,25,26);1H. The first kappa shape index (κ1) is 25.5. The second kappa shape index (κ2) is 13.7. The molecular weight excluding hydrogens is 495 g/mol. The maximum Gasteiger partial charge on any atom is 0.251 e. The Labute approximate surface area is 195 Å². The average Bonchev–Trinajstić information content (AvgIpc) is 2.74. The quantitative estimate of drug-likeness (QED) is 0.264. The van der Waals surface area contributed by atoms with Gasteiger partial charge in [-0.1, -0.05) is 12.1 Å². The number of methoxy groups -OCH3 is 1. The van der Waals surface area contributed by atoms with Crippen LogP contribution in [0.2, 0.25) is 0 Å². The fourth-order valence-corrected chi connectivity index (χ4v) is 2.78. The number of halogens is 1. The summed E-state index contributed by atoms with van der Waals surface area (Å²) in [7, 11) is 3.25. The van der Waals surface area contributed by atoms with E-state index in [1.807, 2.05) is 50.2 Å². The molecule has 0 radical (unpaired) electrons. The Morgan fingerprint density at radius 1 is 1.10 bits per heavy atom. The van der Waals surface area contributed by atoms with Crippen LogP contribution in [0.5, 0.6) is 11.5 Å². The van der Waals surface area contributed by atoms with E-state index in [9.17, 15) is 4.79 Å². The number of ether oxygens (including phenoxy) is 2. The number of rotatable bonds is 9. The molecular formula is C22H31IN4O3. The van der Waals surface area contributed by atoms with E-state index in [-0.39, 0.29) is 29.9 Å². The lowest BCUT2D eigenvalue weighted by atomic mass is 10.1. The Bertz CT molecular complexity index is 843. The molecule has 0 aromatic heterocycles. The Morgan fingerprint density at radius 3 is 2.57 bits per heavy atom. The topological polar surface area (TPSA) is 84.0 Å². The van der Waals surface area contributed by atoms with Gasteiger partial charge in [0.2, 0.25) is 0 Å². The van der Waals surface area contributed by atoms with Crippen LogP contribution in [0.3, 0.4) is 0 Å². The van der Waals surface area contributed by atoms with Gasteiger partial charge >= 0.3 is 0 Å². The van der Waals surface area contributed by atoms with Crippen LogP contribution in [0.1, 0.15) is 29.8 Å². The first-order valence-electron chi connectivity index (χ1n) is 9.78. The van der Waals surface area contributed by atoms with Crippen molar-refractivity contribution in [2.24, 2.45) is 4.99 Å². The normalized spacial score (nSPS) is 10.6. The average molecular weight is 526 g/mol. The largest absolute Gasteiger partial charge is 0.493 e. The number of hydrogen-bond acceptors (Lipinski definition) is 4. The van der Waals surface area contributed by atoms with E-state index >= 15 is 0 Å². The summed E-state index contributed by atoms with van der Waals surface area (Å²) in [5.41, 5.74) is 2.57. The van der Waals surface area contributed by atoms with Gasteiger partial charge in [-0.15, -0.1) is 24.0 Å². The molecule has 8 heteroatoms. The molecule has 7 nitrogen and oxygen atoms in total. The van der Waals surface area contributed by atoms with Crippen molar-refractivity contribution in [1.29, 1.82) is 0 Å². The van der Waals surface area contributed by atoms with Gasteiger partial charge in [0.1, 0.15) is 0 Å². The van der Waals surface area contributed by atoms with Crippen LogP contribution in [0.15, 0.2) is 47.5 Å². The number of amides is 1. The molecule has 0 aliphatic rings. The number of carbonyl (C=O) groups excluding carboxylic acids is 1. The molecule has 164 valence electrons. The zero-order valence-corrected chi connectivity index (χ0v) is 20.3. The van der Waals surface area contributed by atoms with Crippen LogP contribution < -0.4 is 25.4 Å². The number of anilines is 1. The first-order chi connectivity index (χ1) is 14.1. The fraction of sp³-hybridized carbons (Fsp3) is 0.364. The van der Waals surface area contributed by atoms with Crippen molar-refractivity contribution in [3.63, 3.8) is 0 Å². The van der Waals surface area contributed by atoms with Crippen LogP contribution in [-0.2, 0) is 6.42 Å². The minimum atomic E-state index is -0.0880. The fourth-order valence-electron chi connectivity index (χ4n) is 2.78. The van der Waals surface area contributed by atoms with Crippen LogP contribution in [0.25, 0.3) is 0 Å². The monoisotopic (exact) mass is 526 g/mol. The predicted molar refractivity (Wildman–Crippen MR) is 133 cm³/mol. The van der Waals surface area contributed by atoms with Gasteiger partial charge in [0.05, 0.1) is 13.7 Å². The first-order valence-corrected chi connectivity index (χ1v) is 9.78. The van der Waals surface area contributed by atoms with Gasteiger partial charge < -0.3 is 25.4 Å². The molecule has 2 aromatic rings. The lowest BCUT2D eigenvalue weighted by molar-refractivity contribution is 0.0963. The van der Waals surface area contributed by atoms with Gasteiger partial charge in [-0.2, -0.15) is 0 Å². The highest BCUT2D eigenvalue weighted by Crippen LogP contribution is 2.30. The maximum absolute atomic E-state index is 11.8. The van der Waals surface area contributed by atoms with Crippen LogP contribution >= 0.6 is 24.0 Å². The molecule has 30 heavy (non-hydrogen) atoms. The van der Waals surface area contributed by atoms with Crippen molar-refractivity contribution < 1.29 is 14.3 Å². The Hall–Kier alpha value is -2.49. The lowest BCUT2D eigenvalue weighted by Gasteiger charge is -2.14. The summed E-state index contributed by atoms with van der Waals surface area (Å²) in [6.07, 6.45) is 0.730. The Balaban J connectivity index is 0.00000450. The molecule has 1 amide bonds. The number of aliphatic imine (C=N–C) groups is 1. The van der Waals surface area contributed by atoms with Crippen molar-refractivity contribution in [3.8, 4) is 11.5 Å². The molecule has 0 heterocycles. The molecule has 0 aliphatic carbocycles. The molecule has 0 unspecified atom stereocenters. The maximum atomic E-state index is 11.8. The van der Waals surface area contributed by atoms with Gasteiger partial charge in [-0.25, -0.2) is 0 Å². The lowest BCUT2D eigenvalue weighted by Crippen LogP contribution is -2.30. The molecule has 2 rings (SSSR count). The van der Waals surface area contributed by atoms with Gasteiger partial charge in [0.15, 0.2) is 17.5 Å². The van der Waals surface area contributed by atoms with E-state index in [0.29, 0.717) is 36.2 Å². The number of nitrogens with one attached hydrogen (secondary N) is 3. The van der Waals surface area contributed by atoms with Crippen molar-refractivity contribution in [2.45, 2.75) is 20.3 Å². The van der Waals surface area contributed by atoms with Crippen molar-refractivity contribution >= 4 is 41.5 Å². The molecule has 0 aliphatic heterocycles. The zero-order chi connectivity index (χ0) is 21.1. The zero-order valence-electron chi connectivity index (χ0n) is 18.0. The molecule has 0 bridgehead atoms. The van der Waals surface area contributed by atoms with E-state index in [1.54, 1.807) is 20.2 Å². The number of nitrogens with zero attached hydrogens (tertiary/aromatic N) is 1. The Kier molecular flexibility index (Phi) is 11.7. The predicted octanol–water partition coefficient (Wildman–Crippen LogP) is 3.69. The SMILES string of the molecule is CCNC(=NCCc1cccc(C(=O)NC)c1)Nc1ccc(OC)c(OCC)c1.I. The third kappa shape index (κ3) is 7.74. The van der Waals surface area contributed by atoms with Crippen molar-refractivity contribution in [2.75, 3.05) is 39.2 Å². The summed E-state index contributed by atoms with van der Waals surface area (Å²) < 4.78 is 11.0. The molecule has 0 fully saturated rings. The van der Waals surface area contributed by atoms with E-state index in [0.717, 1.165) is 24.2 Å². The summed E-state index contributed by atoms with van der Waals surface area (Å²) in [5.74, 6) is 1.97. The second-order valence-electron chi connectivity index (χ2n) is 6.21. The molecule has 0 saturated heterocycles. The van der Waals surface area contributed by atoms with E-state index in [4.69, 9.17) is 9.47 Å². The third-order valence-electron chi connectivity index (χ3n) is 4.16. The van der Waals surface area contributed by atoms with E-state index in [1.165, 1.54) is 0 Å². The summed E-state index contributed by atoms with van der Waals surface area (Å²) in [6, 6.07) is 13.3. The second-order valence-corrected chi connectivity index (χ2v) is 6.21. The van der Waals surface area contributed by atoms with E-state index < -0.39 is 0 Å².